The lowest BCUT2D eigenvalue weighted by Gasteiger charge is -2.30. The average molecular weight is 434 g/mol. The van der Waals surface area contributed by atoms with Gasteiger partial charge in [-0.15, -0.1) is 0 Å². The van der Waals surface area contributed by atoms with Gasteiger partial charge in [0.25, 0.3) is 5.91 Å². The molecule has 1 aromatic carbocycles. The summed E-state index contributed by atoms with van der Waals surface area (Å²) in [5, 5.41) is 5.46. The van der Waals surface area contributed by atoms with Crippen molar-refractivity contribution in [2.24, 2.45) is 5.92 Å². The van der Waals surface area contributed by atoms with Crippen molar-refractivity contribution < 1.29 is 22.4 Å². The SMILES string of the molecule is Cc1ccc(S(=O)(=O)N2CCC(C(=O)NCCNC(=O)c3ccco3)CC2)cc1C. The largest absolute Gasteiger partial charge is 0.459 e. The number of aryl methyl sites for hydroxylation is 2. The van der Waals surface area contributed by atoms with Gasteiger partial charge < -0.3 is 15.1 Å². The molecular formula is C21H27N3O5S. The molecule has 1 aliphatic rings. The Morgan fingerprint density at radius 1 is 1.07 bits per heavy atom. The van der Waals surface area contributed by atoms with Crippen LogP contribution in [0, 0.1) is 19.8 Å². The van der Waals surface area contributed by atoms with Gasteiger partial charge in [0.1, 0.15) is 0 Å². The zero-order valence-corrected chi connectivity index (χ0v) is 18.0. The number of nitrogens with one attached hydrogen (secondary N) is 2. The highest BCUT2D eigenvalue weighted by molar-refractivity contribution is 7.89. The molecule has 0 bridgehead atoms. The Bertz CT molecular complexity index is 994. The van der Waals surface area contributed by atoms with E-state index in [1.807, 2.05) is 19.9 Å². The minimum Gasteiger partial charge on any atom is -0.459 e. The highest BCUT2D eigenvalue weighted by atomic mass is 32.2. The number of carbonyl (C=O) groups excluding carboxylic acids is 2. The molecule has 9 heteroatoms. The van der Waals surface area contributed by atoms with E-state index in [4.69, 9.17) is 4.42 Å². The van der Waals surface area contributed by atoms with Crippen LogP contribution in [0.1, 0.15) is 34.5 Å². The molecular weight excluding hydrogens is 406 g/mol. The summed E-state index contributed by atoms with van der Waals surface area (Å²) in [6, 6.07) is 8.33. The fraction of sp³-hybridized carbons (Fsp3) is 0.429. The van der Waals surface area contributed by atoms with E-state index in [-0.39, 0.29) is 30.0 Å². The van der Waals surface area contributed by atoms with Crippen LogP contribution < -0.4 is 10.6 Å². The van der Waals surface area contributed by atoms with Crippen molar-refractivity contribution in [1.29, 1.82) is 0 Å². The standard InChI is InChI=1S/C21H27N3O5S/c1-15-5-6-18(14-16(15)2)30(27,28)24-11-7-17(8-12-24)20(25)22-9-10-23-21(26)19-4-3-13-29-19/h3-6,13-14,17H,7-12H2,1-2H3,(H,22,25)(H,23,26). The predicted molar refractivity (Wildman–Crippen MR) is 111 cm³/mol. The number of nitrogens with zero attached hydrogens (tertiary/aromatic N) is 1. The number of piperidine rings is 1. The van der Waals surface area contributed by atoms with Gasteiger partial charge in [0.2, 0.25) is 15.9 Å². The fourth-order valence-corrected chi connectivity index (χ4v) is 4.94. The first-order valence-electron chi connectivity index (χ1n) is 9.96. The van der Waals surface area contributed by atoms with Gasteiger partial charge in [-0.2, -0.15) is 4.31 Å². The number of amides is 2. The second kappa shape index (κ2) is 9.44. The summed E-state index contributed by atoms with van der Waals surface area (Å²) < 4.78 is 32.2. The van der Waals surface area contributed by atoms with Crippen molar-refractivity contribution in [3.05, 3.63) is 53.5 Å². The van der Waals surface area contributed by atoms with Crippen LogP contribution in [-0.4, -0.2) is 50.7 Å². The van der Waals surface area contributed by atoms with Gasteiger partial charge in [-0.25, -0.2) is 8.42 Å². The van der Waals surface area contributed by atoms with Crippen molar-refractivity contribution in [2.75, 3.05) is 26.2 Å². The number of carbonyl (C=O) groups is 2. The Balaban J connectivity index is 1.44. The summed E-state index contributed by atoms with van der Waals surface area (Å²) in [5.41, 5.74) is 1.98. The van der Waals surface area contributed by atoms with Crippen LogP contribution in [0.15, 0.2) is 45.9 Å². The average Bonchev–Trinajstić information content (AvgIpc) is 3.28. The number of rotatable bonds is 7. The van der Waals surface area contributed by atoms with Crippen molar-refractivity contribution >= 4 is 21.8 Å². The van der Waals surface area contributed by atoms with Crippen LogP contribution in [0.3, 0.4) is 0 Å². The van der Waals surface area contributed by atoms with Crippen LogP contribution in [0.25, 0.3) is 0 Å². The van der Waals surface area contributed by atoms with E-state index >= 15 is 0 Å². The number of hydrogen-bond acceptors (Lipinski definition) is 5. The molecule has 162 valence electrons. The van der Waals surface area contributed by atoms with Crippen LogP contribution in [0.5, 0.6) is 0 Å². The number of furan rings is 1. The third-order valence-corrected chi connectivity index (χ3v) is 7.29. The smallest absolute Gasteiger partial charge is 0.287 e. The first-order chi connectivity index (χ1) is 14.3. The maximum absolute atomic E-state index is 12.9. The van der Waals surface area contributed by atoms with Crippen molar-refractivity contribution in [1.82, 2.24) is 14.9 Å². The quantitative estimate of drug-likeness (QED) is 0.648. The topological polar surface area (TPSA) is 109 Å². The molecule has 0 aliphatic carbocycles. The number of hydrogen-bond donors (Lipinski definition) is 2. The summed E-state index contributed by atoms with van der Waals surface area (Å²) in [7, 11) is -3.56. The summed E-state index contributed by atoms with van der Waals surface area (Å²) in [5.74, 6) is -0.472. The Morgan fingerprint density at radius 3 is 2.40 bits per heavy atom. The van der Waals surface area contributed by atoms with Crippen molar-refractivity contribution in [3.63, 3.8) is 0 Å². The van der Waals surface area contributed by atoms with Gasteiger partial charge in [0.05, 0.1) is 11.2 Å². The maximum Gasteiger partial charge on any atom is 0.287 e. The molecule has 0 atom stereocenters. The molecule has 2 heterocycles. The van der Waals surface area contributed by atoms with Gasteiger partial charge in [-0.05, 0) is 62.1 Å². The molecule has 0 spiro atoms. The van der Waals surface area contributed by atoms with E-state index in [1.165, 1.54) is 10.6 Å². The molecule has 8 nitrogen and oxygen atoms in total. The van der Waals surface area contributed by atoms with Gasteiger partial charge in [-0.1, -0.05) is 6.07 Å². The van der Waals surface area contributed by atoms with Gasteiger partial charge in [0, 0.05) is 32.1 Å². The van der Waals surface area contributed by atoms with Crippen LogP contribution in [-0.2, 0) is 14.8 Å². The zero-order chi connectivity index (χ0) is 21.7. The molecule has 2 amide bonds. The molecule has 30 heavy (non-hydrogen) atoms. The number of sulfonamides is 1. The minimum absolute atomic E-state index is 0.120. The number of benzene rings is 1. The molecule has 2 N–H and O–H groups in total. The molecule has 1 saturated heterocycles. The van der Waals surface area contributed by atoms with Crippen LogP contribution in [0.4, 0.5) is 0 Å². The Hall–Kier alpha value is -2.65. The Kier molecular flexibility index (Phi) is 6.94. The van der Waals surface area contributed by atoms with Crippen LogP contribution in [0.2, 0.25) is 0 Å². The van der Waals surface area contributed by atoms with Gasteiger partial charge in [-0.3, -0.25) is 9.59 Å². The third kappa shape index (κ3) is 5.09. The minimum atomic E-state index is -3.56. The summed E-state index contributed by atoms with van der Waals surface area (Å²) in [6.07, 6.45) is 2.35. The Labute approximate surface area is 176 Å². The second-order valence-electron chi connectivity index (χ2n) is 7.45. The lowest BCUT2D eigenvalue weighted by molar-refractivity contribution is -0.126. The molecule has 0 radical (unpaired) electrons. The van der Waals surface area contributed by atoms with E-state index in [1.54, 1.807) is 24.3 Å². The lowest BCUT2D eigenvalue weighted by Crippen LogP contribution is -2.44. The second-order valence-corrected chi connectivity index (χ2v) is 9.39. The molecule has 2 aromatic rings. The zero-order valence-electron chi connectivity index (χ0n) is 17.2. The molecule has 0 unspecified atom stereocenters. The molecule has 1 aromatic heterocycles. The van der Waals surface area contributed by atoms with Crippen molar-refractivity contribution in [2.45, 2.75) is 31.6 Å². The molecule has 3 rings (SSSR count). The van der Waals surface area contributed by atoms with E-state index in [0.29, 0.717) is 37.4 Å². The summed E-state index contributed by atoms with van der Waals surface area (Å²) in [4.78, 5) is 24.4. The highest BCUT2D eigenvalue weighted by Gasteiger charge is 2.32. The van der Waals surface area contributed by atoms with Gasteiger partial charge in [0.15, 0.2) is 5.76 Å². The summed E-state index contributed by atoms with van der Waals surface area (Å²) >= 11 is 0. The monoisotopic (exact) mass is 433 g/mol. The molecule has 1 aliphatic heterocycles. The summed E-state index contributed by atoms with van der Waals surface area (Å²) in [6.45, 7) is 5.03. The van der Waals surface area contributed by atoms with Crippen LogP contribution >= 0.6 is 0 Å². The fourth-order valence-electron chi connectivity index (χ4n) is 3.38. The highest BCUT2D eigenvalue weighted by Crippen LogP contribution is 2.25. The van der Waals surface area contributed by atoms with E-state index in [2.05, 4.69) is 10.6 Å². The molecule has 0 saturated carbocycles. The maximum atomic E-state index is 12.9. The normalized spacial score (nSPS) is 15.7. The first-order valence-corrected chi connectivity index (χ1v) is 11.4. The Morgan fingerprint density at radius 2 is 1.77 bits per heavy atom. The first kappa shape index (κ1) is 22.0. The van der Waals surface area contributed by atoms with E-state index in [9.17, 15) is 18.0 Å². The molecule has 1 fully saturated rings. The lowest BCUT2D eigenvalue weighted by atomic mass is 9.97. The van der Waals surface area contributed by atoms with Crippen molar-refractivity contribution in [3.8, 4) is 0 Å². The predicted octanol–water partition coefficient (Wildman–Crippen LogP) is 1.84. The third-order valence-electron chi connectivity index (χ3n) is 5.40. The van der Waals surface area contributed by atoms with Gasteiger partial charge >= 0.3 is 0 Å². The van der Waals surface area contributed by atoms with E-state index in [0.717, 1.165) is 11.1 Å². The van der Waals surface area contributed by atoms with E-state index < -0.39 is 10.0 Å².